The highest BCUT2D eigenvalue weighted by Crippen LogP contribution is 2.14. The van der Waals surface area contributed by atoms with Crippen LogP contribution in [0.5, 0.6) is 0 Å². The molecule has 0 saturated carbocycles. The SMILES string of the molecule is CC(C)CCN(C)Cc1cc(CNC(C)(C)C)ccc1F. The maximum absolute atomic E-state index is 14.0. The summed E-state index contributed by atoms with van der Waals surface area (Å²) in [6.07, 6.45) is 1.14. The van der Waals surface area contributed by atoms with Gasteiger partial charge in [0.15, 0.2) is 0 Å². The third-order valence-corrected chi connectivity index (χ3v) is 3.46. The largest absolute Gasteiger partial charge is 0.308 e. The molecule has 3 heteroatoms. The van der Waals surface area contributed by atoms with Gasteiger partial charge in [-0.1, -0.05) is 26.0 Å². The van der Waals surface area contributed by atoms with E-state index >= 15 is 0 Å². The van der Waals surface area contributed by atoms with Crippen LogP contribution in [0.4, 0.5) is 4.39 Å². The molecule has 0 radical (unpaired) electrons. The van der Waals surface area contributed by atoms with Crippen LogP contribution in [0.25, 0.3) is 0 Å². The molecule has 0 heterocycles. The van der Waals surface area contributed by atoms with Gasteiger partial charge in [-0.15, -0.1) is 0 Å². The van der Waals surface area contributed by atoms with Crippen molar-refractivity contribution in [2.75, 3.05) is 13.6 Å². The van der Waals surface area contributed by atoms with E-state index in [1.807, 2.05) is 12.1 Å². The molecule has 1 rings (SSSR count). The van der Waals surface area contributed by atoms with Crippen molar-refractivity contribution in [3.63, 3.8) is 0 Å². The molecule has 0 amide bonds. The monoisotopic (exact) mass is 294 g/mol. The van der Waals surface area contributed by atoms with Crippen LogP contribution in [0.3, 0.4) is 0 Å². The smallest absolute Gasteiger partial charge is 0.127 e. The standard InChI is InChI=1S/C18H31FN2/c1-14(2)9-10-21(6)13-16-11-15(7-8-17(16)19)12-20-18(3,4)5/h7-8,11,14,20H,9-10,12-13H2,1-6H3. The summed E-state index contributed by atoms with van der Waals surface area (Å²) in [4.78, 5) is 2.19. The summed E-state index contributed by atoms with van der Waals surface area (Å²) >= 11 is 0. The molecule has 0 unspecified atom stereocenters. The van der Waals surface area contributed by atoms with Crippen molar-refractivity contribution in [2.24, 2.45) is 5.92 Å². The van der Waals surface area contributed by atoms with Gasteiger partial charge in [-0.05, 0) is 58.3 Å². The van der Waals surface area contributed by atoms with Crippen LogP contribution >= 0.6 is 0 Å². The fraction of sp³-hybridized carbons (Fsp3) is 0.667. The van der Waals surface area contributed by atoms with Gasteiger partial charge in [0.05, 0.1) is 0 Å². The molecule has 1 aromatic carbocycles. The van der Waals surface area contributed by atoms with E-state index in [4.69, 9.17) is 0 Å². The van der Waals surface area contributed by atoms with Crippen molar-refractivity contribution >= 4 is 0 Å². The van der Waals surface area contributed by atoms with Crippen molar-refractivity contribution < 1.29 is 4.39 Å². The predicted octanol–water partition coefficient (Wildman–Crippen LogP) is 4.19. The highest BCUT2D eigenvalue weighted by molar-refractivity contribution is 5.25. The minimum absolute atomic E-state index is 0.0720. The van der Waals surface area contributed by atoms with Crippen LogP contribution in [0.1, 0.15) is 52.2 Å². The quantitative estimate of drug-likeness (QED) is 0.811. The molecule has 0 fully saturated rings. The fourth-order valence-corrected chi connectivity index (χ4v) is 2.07. The Morgan fingerprint density at radius 2 is 1.90 bits per heavy atom. The maximum Gasteiger partial charge on any atom is 0.127 e. The topological polar surface area (TPSA) is 15.3 Å². The normalized spacial score (nSPS) is 12.4. The fourth-order valence-electron chi connectivity index (χ4n) is 2.07. The van der Waals surface area contributed by atoms with E-state index in [0.29, 0.717) is 12.5 Å². The lowest BCUT2D eigenvalue weighted by atomic mass is 10.1. The molecule has 1 N–H and O–H groups in total. The first-order valence-electron chi connectivity index (χ1n) is 7.88. The van der Waals surface area contributed by atoms with Crippen LogP contribution in [0, 0.1) is 11.7 Å². The summed E-state index contributed by atoms with van der Waals surface area (Å²) in [6.45, 7) is 13.3. The maximum atomic E-state index is 14.0. The highest BCUT2D eigenvalue weighted by atomic mass is 19.1. The number of hydrogen-bond donors (Lipinski definition) is 1. The summed E-state index contributed by atoms with van der Waals surface area (Å²) in [5, 5.41) is 3.44. The van der Waals surface area contributed by atoms with E-state index in [1.54, 1.807) is 6.07 Å². The van der Waals surface area contributed by atoms with Gasteiger partial charge < -0.3 is 10.2 Å². The molecule has 0 aliphatic carbocycles. The van der Waals surface area contributed by atoms with Gasteiger partial charge in [-0.2, -0.15) is 0 Å². The van der Waals surface area contributed by atoms with E-state index < -0.39 is 0 Å². The predicted molar refractivity (Wildman–Crippen MR) is 88.8 cm³/mol. The summed E-state index contributed by atoms with van der Waals surface area (Å²) in [7, 11) is 2.06. The third kappa shape index (κ3) is 7.58. The molecule has 1 aromatic rings. The Bertz CT molecular complexity index is 435. The Morgan fingerprint density at radius 3 is 2.48 bits per heavy atom. The van der Waals surface area contributed by atoms with Crippen LogP contribution < -0.4 is 5.32 Å². The summed E-state index contributed by atoms with van der Waals surface area (Å²) in [6, 6.07) is 5.44. The van der Waals surface area contributed by atoms with Crippen molar-refractivity contribution in [1.29, 1.82) is 0 Å². The van der Waals surface area contributed by atoms with Crippen molar-refractivity contribution in [2.45, 2.75) is 59.7 Å². The number of benzene rings is 1. The second-order valence-corrected chi connectivity index (χ2v) is 7.45. The molecule has 0 saturated heterocycles. The van der Waals surface area contributed by atoms with E-state index in [1.165, 1.54) is 0 Å². The Labute approximate surface area is 129 Å². The van der Waals surface area contributed by atoms with Gasteiger partial charge in [0.2, 0.25) is 0 Å². The Morgan fingerprint density at radius 1 is 1.24 bits per heavy atom. The first kappa shape index (κ1) is 18.1. The number of hydrogen-bond acceptors (Lipinski definition) is 2. The second-order valence-electron chi connectivity index (χ2n) is 7.45. The molecule has 0 aliphatic rings. The van der Waals surface area contributed by atoms with Gasteiger partial charge in [0.1, 0.15) is 5.82 Å². The van der Waals surface area contributed by atoms with Crippen LogP contribution in [-0.2, 0) is 13.1 Å². The van der Waals surface area contributed by atoms with Gasteiger partial charge >= 0.3 is 0 Å². The first-order valence-corrected chi connectivity index (χ1v) is 7.88. The molecular weight excluding hydrogens is 263 g/mol. The van der Waals surface area contributed by atoms with Crippen molar-refractivity contribution in [3.05, 3.63) is 35.1 Å². The number of nitrogens with one attached hydrogen (secondary N) is 1. The lowest BCUT2D eigenvalue weighted by Crippen LogP contribution is -2.35. The summed E-state index contributed by atoms with van der Waals surface area (Å²) in [5.41, 5.74) is 2.00. The molecule has 120 valence electrons. The van der Waals surface area contributed by atoms with Crippen molar-refractivity contribution in [3.8, 4) is 0 Å². The Balaban J connectivity index is 2.64. The zero-order valence-corrected chi connectivity index (χ0v) is 14.5. The van der Waals surface area contributed by atoms with Crippen LogP contribution in [0.2, 0.25) is 0 Å². The zero-order chi connectivity index (χ0) is 16.0. The zero-order valence-electron chi connectivity index (χ0n) is 14.5. The van der Waals surface area contributed by atoms with E-state index in [0.717, 1.165) is 30.6 Å². The Kier molecular flexibility index (Phi) is 6.82. The average molecular weight is 294 g/mol. The van der Waals surface area contributed by atoms with Gasteiger partial charge in [0, 0.05) is 24.2 Å². The number of rotatable bonds is 7. The molecular formula is C18H31FN2. The molecule has 0 bridgehead atoms. The first-order chi connectivity index (χ1) is 9.67. The van der Waals surface area contributed by atoms with Crippen LogP contribution in [0.15, 0.2) is 18.2 Å². The average Bonchev–Trinajstić information content (AvgIpc) is 2.36. The number of halogens is 1. The minimum atomic E-state index is -0.106. The molecule has 21 heavy (non-hydrogen) atoms. The summed E-state index contributed by atoms with van der Waals surface area (Å²) in [5.74, 6) is 0.575. The highest BCUT2D eigenvalue weighted by Gasteiger charge is 2.11. The molecule has 2 nitrogen and oxygen atoms in total. The summed E-state index contributed by atoms with van der Waals surface area (Å²) < 4.78 is 14.0. The number of nitrogens with zero attached hydrogens (tertiary/aromatic N) is 1. The molecule has 0 atom stereocenters. The third-order valence-electron chi connectivity index (χ3n) is 3.46. The second kappa shape index (κ2) is 7.90. The van der Waals surface area contributed by atoms with E-state index in [-0.39, 0.29) is 11.4 Å². The van der Waals surface area contributed by atoms with Crippen LogP contribution in [-0.4, -0.2) is 24.0 Å². The van der Waals surface area contributed by atoms with E-state index in [2.05, 4.69) is 51.9 Å². The lowest BCUT2D eigenvalue weighted by molar-refractivity contribution is 0.299. The molecule has 0 aromatic heterocycles. The van der Waals surface area contributed by atoms with E-state index in [9.17, 15) is 4.39 Å². The van der Waals surface area contributed by atoms with Gasteiger partial charge in [-0.25, -0.2) is 4.39 Å². The van der Waals surface area contributed by atoms with Gasteiger partial charge in [0.25, 0.3) is 0 Å². The molecule has 0 spiro atoms. The Hall–Kier alpha value is -0.930. The van der Waals surface area contributed by atoms with Crippen molar-refractivity contribution in [1.82, 2.24) is 10.2 Å². The van der Waals surface area contributed by atoms with Gasteiger partial charge in [-0.3, -0.25) is 0 Å². The lowest BCUT2D eigenvalue weighted by Gasteiger charge is -2.22. The molecule has 0 aliphatic heterocycles. The minimum Gasteiger partial charge on any atom is -0.308 e.